The first-order valence-electron chi connectivity index (χ1n) is 7.80. The lowest BCUT2D eigenvalue weighted by atomic mass is 10.1. The van der Waals surface area contributed by atoms with Crippen molar-refractivity contribution in [2.75, 3.05) is 0 Å². The average molecular weight is 403 g/mol. The van der Waals surface area contributed by atoms with Crippen molar-refractivity contribution in [1.82, 2.24) is 14.8 Å². The summed E-state index contributed by atoms with van der Waals surface area (Å²) in [5.41, 5.74) is 2.19. The molecule has 8 heteroatoms. The highest BCUT2D eigenvalue weighted by Gasteiger charge is 2.08. The van der Waals surface area contributed by atoms with Crippen molar-refractivity contribution >= 4 is 41.8 Å². The molecule has 0 aliphatic carbocycles. The highest BCUT2D eigenvalue weighted by Crippen LogP contribution is 2.12. The van der Waals surface area contributed by atoms with E-state index in [9.17, 15) is 4.79 Å². The minimum Gasteiger partial charge on any atom is -0.313 e. The average Bonchev–Trinajstić information content (AvgIpc) is 3.18. The molecule has 6 nitrogen and oxygen atoms in total. The van der Waals surface area contributed by atoms with E-state index in [-0.39, 0.29) is 12.4 Å². The Labute approximate surface area is 167 Å². The quantitative estimate of drug-likeness (QED) is 0.270. The monoisotopic (exact) mass is 402 g/mol. The number of rotatable bonds is 6. The molecule has 0 aliphatic rings. The Morgan fingerprint density at radius 3 is 2.56 bits per heavy atom. The van der Waals surface area contributed by atoms with Gasteiger partial charge < -0.3 is 4.84 Å². The van der Waals surface area contributed by atoms with Crippen LogP contribution in [0.2, 0.25) is 5.02 Å². The third kappa shape index (κ3) is 6.36. The van der Waals surface area contributed by atoms with Crippen LogP contribution in [-0.4, -0.2) is 26.4 Å². The first kappa shape index (κ1) is 20.4. The molecule has 0 atom stereocenters. The number of aromatic nitrogens is 3. The van der Waals surface area contributed by atoms with Gasteiger partial charge in [-0.15, -0.1) is 12.4 Å². The number of hydrogen-bond acceptors (Lipinski definition) is 5. The van der Waals surface area contributed by atoms with Gasteiger partial charge in [0.1, 0.15) is 18.4 Å². The van der Waals surface area contributed by atoms with Gasteiger partial charge in [0.25, 0.3) is 0 Å². The molecule has 0 N–H and O–H groups in total. The zero-order valence-corrected chi connectivity index (χ0v) is 15.7. The van der Waals surface area contributed by atoms with Crippen LogP contribution in [0.4, 0.5) is 0 Å². The van der Waals surface area contributed by atoms with Gasteiger partial charge in [0.05, 0.1) is 6.54 Å². The fraction of sp³-hybridized carbons (Fsp3) is 0.0526. The standard InChI is InChI=1S/C19H15ClN4O2.ClH/c20-17-9-7-16(8-10-17)18(12-24-14-21-13-22-24)23-26-19(25)11-6-15-4-2-1-3-5-15;/h1-11,13-14H,12H2;1H. The van der Waals surface area contributed by atoms with Gasteiger partial charge in [-0.3, -0.25) is 0 Å². The molecule has 0 aliphatic heterocycles. The zero-order valence-electron chi connectivity index (χ0n) is 14.1. The number of halogens is 2. The van der Waals surface area contributed by atoms with Crippen LogP contribution in [0.25, 0.3) is 6.08 Å². The number of benzene rings is 2. The first-order chi connectivity index (χ1) is 12.7. The maximum atomic E-state index is 11.9. The Bertz CT molecular complexity index is 909. The van der Waals surface area contributed by atoms with Crippen molar-refractivity contribution in [3.63, 3.8) is 0 Å². The number of oxime groups is 1. The van der Waals surface area contributed by atoms with Crippen LogP contribution in [0.1, 0.15) is 11.1 Å². The first-order valence-corrected chi connectivity index (χ1v) is 8.18. The molecule has 0 saturated heterocycles. The molecular formula is C19H16Cl2N4O2. The molecule has 1 aromatic heterocycles. The van der Waals surface area contributed by atoms with Crippen LogP contribution in [-0.2, 0) is 16.2 Å². The summed E-state index contributed by atoms with van der Waals surface area (Å²) in [7, 11) is 0. The number of carbonyl (C=O) groups is 1. The molecule has 0 fully saturated rings. The number of hydrogen-bond donors (Lipinski definition) is 0. The SMILES string of the molecule is Cl.O=C(C=Cc1ccccc1)ON=C(Cn1cncn1)c1ccc(Cl)cc1. The maximum Gasteiger partial charge on any atom is 0.358 e. The fourth-order valence-electron chi connectivity index (χ4n) is 2.14. The second-order valence-electron chi connectivity index (χ2n) is 5.29. The second-order valence-corrected chi connectivity index (χ2v) is 5.73. The number of carbonyl (C=O) groups excluding carboxylic acids is 1. The summed E-state index contributed by atoms with van der Waals surface area (Å²) >= 11 is 5.92. The largest absolute Gasteiger partial charge is 0.358 e. The van der Waals surface area contributed by atoms with Gasteiger partial charge >= 0.3 is 5.97 Å². The summed E-state index contributed by atoms with van der Waals surface area (Å²) in [4.78, 5) is 20.9. The molecule has 27 heavy (non-hydrogen) atoms. The Hall–Kier alpha value is -2.96. The van der Waals surface area contributed by atoms with E-state index >= 15 is 0 Å². The second kappa shape index (κ2) is 10.3. The van der Waals surface area contributed by atoms with Crippen LogP contribution in [0, 0.1) is 0 Å². The van der Waals surface area contributed by atoms with Crippen molar-refractivity contribution in [1.29, 1.82) is 0 Å². The molecule has 138 valence electrons. The normalized spacial score (nSPS) is 11.2. The van der Waals surface area contributed by atoms with Gasteiger partial charge in [0, 0.05) is 16.7 Å². The van der Waals surface area contributed by atoms with Crippen molar-refractivity contribution in [3.8, 4) is 0 Å². The van der Waals surface area contributed by atoms with Crippen LogP contribution < -0.4 is 0 Å². The summed E-state index contributed by atoms with van der Waals surface area (Å²) < 4.78 is 1.58. The molecule has 0 unspecified atom stereocenters. The van der Waals surface area contributed by atoms with E-state index in [1.54, 1.807) is 41.4 Å². The van der Waals surface area contributed by atoms with E-state index in [2.05, 4.69) is 15.2 Å². The topological polar surface area (TPSA) is 69.4 Å². The van der Waals surface area contributed by atoms with Gasteiger partial charge in [-0.05, 0) is 23.8 Å². The van der Waals surface area contributed by atoms with Crippen molar-refractivity contribution in [2.45, 2.75) is 6.54 Å². The van der Waals surface area contributed by atoms with Gasteiger partial charge in [-0.25, -0.2) is 14.5 Å². The Morgan fingerprint density at radius 2 is 1.89 bits per heavy atom. The van der Waals surface area contributed by atoms with Gasteiger partial charge in [0.15, 0.2) is 0 Å². The molecular weight excluding hydrogens is 387 g/mol. The van der Waals surface area contributed by atoms with Crippen LogP contribution in [0.15, 0.2) is 78.5 Å². The van der Waals surface area contributed by atoms with Crippen LogP contribution in [0.3, 0.4) is 0 Å². The highest BCUT2D eigenvalue weighted by atomic mass is 35.5. The molecule has 0 amide bonds. The van der Waals surface area contributed by atoms with Gasteiger partial charge in [-0.2, -0.15) is 5.10 Å². The zero-order chi connectivity index (χ0) is 18.2. The molecule has 0 radical (unpaired) electrons. The summed E-state index contributed by atoms with van der Waals surface area (Å²) in [6, 6.07) is 16.5. The third-order valence-electron chi connectivity index (χ3n) is 3.41. The minimum absolute atomic E-state index is 0. The molecule has 3 rings (SSSR count). The van der Waals surface area contributed by atoms with Crippen LogP contribution in [0.5, 0.6) is 0 Å². The summed E-state index contributed by atoms with van der Waals surface area (Å²) in [6.07, 6.45) is 5.97. The fourth-order valence-corrected chi connectivity index (χ4v) is 2.27. The number of nitrogens with zero attached hydrogens (tertiary/aromatic N) is 4. The summed E-state index contributed by atoms with van der Waals surface area (Å²) in [6.45, 7) is 0.303. The predicted octanol–water partition coefficient (Wildman–Crippen LogP) is 4.01. The smallest absolute Gasteiger partial charge is 0.313 e. The van der Waals surface area contributed by atoms with Gasteiger partial charge in [0.2, 0.25) is 0 Å². The molecule has 0 bridgehead atoms. The van der Waals surface area contributed by atoms with E-state index in [0.29, 0.717) is 17.3 Å². The molecule has 1 heterocycles. The van der Waals surface area contributed by atoms with E-state index in [1.165, 1.54) is 12.4 Å². The Balaban J connectivity index is 0.00000261. The van der Waals surface area contributed by atoms with E-state index in [4.69, 9.17) is 16.4 Å². The molecule has 3 aromatic rings. The predicted molar refractivity (Wildman–Crippen MR) is 107 cm³/mol. The molecule has 0 spiro atoms. The lowest BCUT2D eigenvalue weighted by Gasteiger charge is -2.06. The Morgan fingerprint density at radius 1 is 1.15 bits per heavy atom. The van der Waals surface area contributed by atoms with E-state index in [1.807, 2.05) is 30.3 Å². The van der Waals surface area contributed by atoms with Gasteiger partial charge in [-0.1, -0.05) is 59.2 Å². The van der Waals surface area contributed by atoms with E-state index in [0.717, 1.165) is 11.1 Å². The van der Waals surface area contributed by atoms with Crippen molar-refractivity contribution in [2.24, 2.45) is 5.16 Å². The summed E-state index contributed by atoms with van der Waals surface area (Å²) in [5.74, 6) is -0.570. The maximum absolute atomic E-state index is 11.9. The lowest BCUT2D eigenvalue weighted by molar-refractivity contribution is -0.137. The highest BCUT2D eigenvalue weighted by molar-refractivity contribution is 6.30. The van der Waals surface area contributed by atoms with Crippen molar-refractivity contribution < 1.29 is 9.63 Å². The molecule has 2 aromatic carbocycles. The lowest BCUT2D eigenvalue weighted by Crippen LogP contribution is -2.13. The Kier molecular flexibility index (Phi) is 7.73. The summed E-state index contributed by atoms with van der Waals surface area (Å²) in [5, 5.41) is 8.65. The molecule has 0 saturated carbocycles. The van der Waals surface area contributed by atoms with E-state index < -0.39 is 5.97 Å². The van der Waals surface area contributed by atoms with Crippen LogP contribution >= 0.6 is 24.0 Å². The minimum atomic E-state index is -0.570. The van der Waals surface area contributed by atoms with Crippen molar-refractivity contribution in [3.05, 3.63) is 89.5 Å². The third-order valence-corrected chi connectivity index (χ3v) is 3.67.